The van der Waals surface area contributed by atoms with Gasteiger partial charge in [-0.3, -0.25) is 4.79 Å². The summed E-state index contributed by atoms with van der Waals surface area (Å²) in [7, 11) is 0. The van der Waals surface area contributed by atoms with E-state index in [0.29, 0.717) is 6.42 Å². The van der Waals surface area contributed by atoms with Crippen molar-refractivity contribution in [1.29, 1.82) is 0 Å². The molecule has 0 amide bonds. The Hall–Kier alpha value is -1.55. The first-order chi connectivity index (χ1) is 8.33. The fourth-order valence-electron chi connectivity index (χ4n) is 1.61. The van der Waals surface area contributed by atoms with Crippen molar-refractivity contribution in [3.8, 4) is 11.8 Å². The molecule has 0 unspecified atom stereocenters. The number of Topliss-reactive ketones (excluding diaryl/α,β-unsaturated/α-hetero) is 1. The predicted molar refractivity (Wildman–Crippen MR) is 71.7 cm³/mol. The standard InChI is InChI=1S/C16H20O/c1-2-3-5-13-16(17)14-9-8-12-15-10-6-4-7-11-15/h4,6-7,10-11H,2-3,5,8,12-13H2,1H3. The van der Waals surface area contributed by atoms with Crippen molar-refractivity contribution in [2.75, 3.05) is 0 Å². The molecule has 0 aliphatic heterocycles. The number of carbonyl (C=O) groups is 1. The molecule has 0 spiro atoms. The first-order valence-corrected chi connectivity index (χ1v) is 6.38. The van der Waals surface area contributed by atoms with Crippen LogP contribution in [0.4, 0.5) is 0 Å². The van der Waals surface area contributed by atoms with E-state index >= 15 is 0 Å². The van der Waals surface area contributed by atoms with Gasteiger partial charge >= 0.3 is 0 Å². The molecule has 0 atom stereocenters. The van der Waals surface area contributed by atoms with Gasteiger partial charge in [0, 0.05) is 12.8 Å². The molecule has 0 aliphatic carbocycles. The Morgan fingerprint density at radius 3 is 2.65 bits per heavy atom. The van der Waals surface area contributed by atoms with Crippen molar-refractivity contribution in [3.63, 3.8) is 0 Å². The Bertz CT molecular complexity index is 381. The monoisotopic (exact) mass is 228 g/mol. The minimum atomic E-state index is 0.0894. The third kappa shape index (κ3) is 6.58. The van der Waals surface area contributed by atoms with Gasteiger partial charge in [0.25, 0.3) is 0 Å². The Labute approximate surface area is 104 Å². The van der Waals surface area contributed by atoms with Crippen LogP contribution in [0.5, 0.6) is 0 Å². The molecular weight excluding hydrogens is 208 g/mol. The van der Waals surface area contributed by atoms with Crippen molar-refractivity contribution >= 4 is 5.78 Å². The van der Waals surface area contributed by atoms with E-state index in [4.69, 9.17) is 0 Å². The van der Waals surface area contributed by atoms with E-state index < -0.39 is 0 Å². The molecule has 0 saturated carbocycles. The normalized spacial score (nSPS) is 9.47. The van der Waals surface area contributed by atoms with Crippen LogP contribution in [0.15, 0.2) is 30.3 Å². The van der Waals surface area contributed by atoms with Gasteiger partial charge in [-0.1, -0.05) is 56.0 Å². The topological polar surface area (TPSA) is 17.1 Å². The average Bonchev–Trinajstić information content (AvgIpc) is 2.36. The van der Waals surface area contributed by atoms with Crippen LogP contribution in [0.1, 0.15) is 44.6 Å². The molecule has 0 heterocycles. The van der Waals surface area contributed by atoms with Crippen LogP contribution in [0.2, 0.25) is 0 Å². The number of unbranched alkanes of at least 4 members (excludes halogenated alkanes) is 2. The maximum Gasteiger partial charge on any atom is 0.205 e. The molecular formula is C16H20O. The zero-order valence-corrected chi connectivity index (χ0v) is 10.5. The minimum Gasteiger partial charge on any atom is -0.285 e. The second-order valence-electron chi connectivity index (χ2n) is 4.17. The highest BCUT2D eigenvalue weighted by Crippen LogP contribution is 2.02. The lowest BCUT2D eigenvalue weighted by Crippen LogP contribution is -1.93. The van der Waals surface area contributed by atoms with Gasteiger partial charge in [0.05, 0.1) is 0 Å². The number of rotatable bonds is 6. The van der Waals surface area contributed by atoms with E-state index in [1.54, 1.807) is 0 Å². The van der Waals surface area contributed by atoms with E-state index in [9.17, 15) is 4.79 Å². The number of carbonyl (C=O) groups excluding carboxylic acids is 1. The lowest BCUT2D eigenvalue weighted by molar-refractivity contribution is -0.113. The number of benzene rings is 1. The molecule has 0 N–H and O–H groups in total. The summed E-state index contributed by atoms with van der Waals surface area (Å²) >= 11 is 0. The molecule has 1 aromatic carbocycles. The van der Waals surface area contributed by atoms with Crippen LogP contribution in [0.3, 0.4) is 0 Å². The highest BCUT2D eigenvalue weighted by molar-refractivity contribution is 5.95. The second kappa shape index (κ2) is 8.58. The van der Waals surface area contributed by atoms with Crippen molar-refractivity contribution in [2.24, 2.45) is 0 Å². The van der Waals surface area contributed by atoms with Gasteiger partial charge in [-0.15, -0.1) is 0 Å². The Balaban J connectivity index is 2.20. The SMILES string of the molecule is CCCCCC(=O)C#CCCc1ccccc1. The van der Waals surface area contributed by atoms with Crippen LogP contribution in [0.25, 0.3) is 0 Å². The summed E-state index contributed by atoms with van der Waals surface area (Å²) in [5.41, 5.74) is 1.28. The van der Waals surface area contributed by atoms with Gasteiger partial charge in [-0.2, -0.15) is 0 Å². The maximum atomic E-state index is 11.4. The molecule has 1 nitrogen and oxygen atoms in total. The van der Waals surface area contributed by atoms with Gasteiger partial charge in [-0.25, -0.2) is 0 Å². The number of hydrogen-bond acceptors (Lipinski definition) is 1. The molecule has 0 radical (unpaired) electrons. The molecule has 0 fully saturated rings. The summed E-state index contributed by atoms with van der Waals surface area (Å²) in [6.45, 7) is 2.13. The number of aryl methyl sites for hydroxylation is 1. The average molecular weight is 228 g/mol. The third-order valence-electron chi connectivity index (χ3n) is 2.62. The van der Waals surface area contributed by atoms with Gasteiger partial charge in [0.1, 0.15) is 0 Å². The Morgan fingerprint density at radius 1 is 1.18 bits per heavy atom. The highest BCUT2D eigenvalue weighted by atomic mass is 16.1. The van der Waals surface area contributed by atoms with Crippen molar-refractivity contribution < 1.29 is 4.79 Å². The molecule has 0 saturated heterocycles. The predicted octanol–water partition coefficient (Wildman–Crippen LogP) is 3.77. The van der Waals surface area contributed by atoms with Crippen molar-refractivity contribution in [3.05, 3.63) is 35.9 Å². The molecule has 0 aliphatic rings. The Kier molecular flexibility index (Phi) is 6.82. The van der Waals surface area contributed by atoms with E-state index in [-0.39, 0.29) is 5.78 Å². The fourth-order valence-corrected chi connectivity index (χ4v) is 1.61. The summed E-state index contributed by atoms with van der Waals surface area (Å²) < 4.78 is 0. The van der Waals surface area contributed by atoms with Gasteiger partial charge in [0.2, 0.25) is 5.78 Å². The van der Waals surface area contributed by atoms with Crippen LogP contribution in [-0.4, -0.2) is 5.78 Å². The van der Waals surface area contributed by atoms with Crippen molar-refractivity contribution in [2.45, 2.75) is 45.4 Å². The number of ketones is 1. The van der Waals surface area contributed by atoms with Crippen LogP contribution >= 0.6 is 0 Å². The third-order valence-corrected chi connectivity index (χ3v) is 2.62. The summed E-state index contributed by atoms with van der Waals surface area (Å²) in [6, 6.07) is 10.2. The van der Waals surface area contributed by atoms with Crippen LogP contribution in [-0.2, 0) is 11.2 Å². The molecule has 1 heteroatoms. The summed E-state index contributed by atoms with van der Waals surface area (Å²) in [6.07, 6.45) is 5.56. The smallest absolute Gasteiger partial charge is 0.205 e. The van der Waals surface area contributed by atoms with E-state index in [1.165, 1.54) is 5.56 Å². The number of hydrogen-bond donors (Lipinski definition) is 0. The largest absolute Gasteiger partial charge is 0.285 e. The molecule has 1 aromatic rings. The molecule has 0 aromatic heterocycles. The molecule has 0 bridgehead atoms. The first kappa shape index (κ1) is 13.5. The first-order valence-electron chi connectivity index (χ1n) is 6.38. The zero-order chi connectivity index (χ0) is 12.3. The lowest BCUT2D eigenvalue weighted by Gasteiger charge is -1.94. The van der Waals surface area contributed by atoms with E-state index in [0.717, 1.165) is 32.1 Å². The van der Waals surface area contributed by atoms with Gasteiger partial charge < -0.3 is 0 Å². The zero-order valence-electron chi connectivity index (χ0n) is 10.5. The summed E-state index contributed by atoms with van der Waals surface area (Å²) in [5, 5.41) is 0. The Morgan fingerprint density at radius 2 is 1.94 bits per heavy atom. The summed E-state index contributed by atoms with van der Waals surface area (Å²) in [4.78, 5) is 11.4. The van der Waals surface area contributed by atoms with Crippen LogP contribution in [0, 0.1) is 11.8 Å². The quantitative estimate of drug-likeness (QED) is 0.411. The second-order valence-corrected chi connectivity index (χ2v) is 4.17. The maximum absolute atomic E-state index is 11.4. The van der Waals surface area contributed by atoms with Crippen molar-refractivity contribution in [1.82, 2.24) is 0 Å². The molecule has 1 rings (SSSR count). The lowest BCUT2D eigenvalue weighted by atomic mass is 10.1. The summed E-state index contributed by atoms with van der Waals surface area (Å²) in [5.74, 6) is 5.77. The minimum absolute atomic E-state index is 0.0894. The molecule has 17 heavy (non-hydrogen) atoms. The van der Waals surface area contributed by atoms with Gasteiger partial charge in [0.15, 0.2) is 0 Å². The van der Waals surface area contributed by atoms with E-state index in [2.05, 4.69) is 30.9 Å². The molecule has 90 valence electrons. The fraction of sp³-hybridized carbons (Fsp3) is 0.438. The van der Waals surface area contributed by atoms with Gasteiger partial charge in [-0.05, 0) is 24.3 Å². The highest BCUT2D eigenvalue weighted by Gasteiger charge is 1.95. The van der Waals surface area contributed by atoms with E-state index in [1.807, 2.05) is 18.2 Å². The van der Waals surface area contributed by atoms with Crippen LogP contribution < -0.4 is 0 Å².